The first kappa shape index (κ1) is 30.1. The van der Waals surface area contributed by atoms with E-state index >= 15 is 0 Å². The summed E-state index contributed by atoms with van der Waals surface area (Å²) >= 11 is 0. The summed E-state index contributed by atoms with van der Waals surface area (Å²) in [6.07, 6.45) is 5.94. The Morgan fingerprint density at radius 3 is 1.64 bits per heavy atom. The monoisotopic (exact) mass is 462 g/mol. The van der Waals surface area contributed by atoms with Gasteiger partial charge in [0.1, 0.15) is 0 Å². The van der Waals surface area contributed by atoms with Crippen LogP contribution >= 0.6 is 0 Å². The Hall–Kier alpha value is -2.92. The molecule has 1 nitrogen and oxygen atoms in total. The molecule has 0 aromatic carbocycles. The predicted molar refractivity (Wildman–Crippen MR) is 132 cm³/mol. The molecule has 0 amide bonds. The van der Waals surface area contributed by atoms with Gasteiger partial charge in [0.15, 0.2) is 23.3 Å². The van der Waals surface area contributed by atoms with Crippen molar-refractivity contribution in [1.29, 1.82) is 0 Å². The molecule has 5 heteroatoms. The SMILES string of the molecule is C=C(/C=C\C(=C)C(=C)/C(F)=C(/F)C(=C)C(C)COC(C)C)C(=C)/C(F)=C(/F)C(=C)C/C=C\C. The van der Waals surface area contributed by atoms with Gasteiger partial charge in [0, 0.05) is 17.1 Å². The van der Waals surface area contributed by atoms with Crippen LogP contribution in [0.1, 0.15) is 34.1 Å². The Morgan fingerprint density at radius 2 is 1.21 bits per heavy atom. The molecule has 0 radical (unpaired) electrons. The Morgan fingerprint density at radius 1 is 0.758 bits per heavy atom. The van der Waals surface area contributed by atoms with Gasteiger partial charge in [0.05, 0.1) is 12.7 Å². The largest absolute Gasteiger partial charge is 0.378 e. The molecule has 0 fully saturated rings. The van der Waals surface area contributed by atoms with Crippen molar-refractivity contribution >= 4 is 0 Å². The molecule has 0 N–H and O–H groups in total. The van der Waals surface area contributed by atoms with Crippen molar-refractivity contribution < 1.29 is 22.3 Å². The normalized spacial score (nSPS) is 14.2. The number of allylic oxidation sites excluding steroid dienone is 13. The van der Waals surface area contributed by atoms with Crippen molar-refractivity contribution in [3.8, 4) is 0 Å². The number of halogens is 4. The fourth-order valence-electron chi connectivity index (χ4n) is 2.25. The predicted octanol–water partition coefficient (Wildman–Crippen LogP) is 9.21. The maximum absolute atomic E-state index is 14.6. The van der Waals surface area contributed by atoms with Crippen LogP contribution in [0.25, 0.3) is 0 Å². The van der Waals surface area contributed by atoms with Crippen LogP contribution in [0.5, 0.6) is 0 Å². The number of hydrogen-bond acceptors (Lipinski definition) is 1. The zero-order valence-electron chi connectivity index (χ0n) is 20.0. The molecule has 0 spiro atoms. The summed E-state index contributed by atoms with van der Waals surface area (Å²) < 4.78 is 63.1. The zero-order valence-corrected chi connectivity index (χ0v) is 20.0. The van der Waals surface area contributed by atoms with Crippen LogP contribution in [0, 0.1) is 5.92 Å². The summed E-state index contributed by atoms with van der Waals surface area (Å²) in [7, 11) is 0. The smallest absolute Gasteiger partial charge is 0.166 e. The van der Waals surface area contributed by atoms with Gasteiger partial charge >= 0.3 is 0 Å². The molecular formula is C28H34F4O. The average molecular weight is 463 g/mol. The van der Waals surface area contributed by atoms with Crippen LogP contribution in [0.3, 0.4) is 0 Å². The van der Waals surface area contributed by atoms with Gasteiger partial charge in [-0.2, -0.15) is 0 Å². The van der Waals surface area contributed by atoms with E-state index in [4.69, 9.17) is 4.74 Å². The molecule has 0 aliphatic carbocycles. The molecule has 1 atom stereocenters. The maximum Gasteiger partial charge on any atom is 0.166 e. The minimum Gasteiger partial charge on any atom is -0.378 e. The average Bonchev–Trinajstić information content (AvgIpc) is 2.80. The lowest BCUT2D eigenvalue weighted by atomic mass is 9.98. The molecule has 0 rings (SSSR count). The van der Waals surface area contributed by atoms with Crippen LogP contribution in [-0.2, 0) is 4.74 Å². The van der Waals surface area contributed by atoms with E-state index in [0.717, 1.165) is 0 Å². The molecule has 0 aliphatic rings. The summed E-state index contributed by atoms with van der Waals surface area (Å²) in [6.45, 7) is 28.6. The first-order valence-electron chi connectivity index (χ1n) is 10.4. The molecule has 0 bridgehead atoms. The van der Waals surface area contributed by atoms with E-state index in [1.165, 1.54) is 12.2 Å². The van der Waals surface area contributed by atoms with Crippen LogP contribution in [0.4, 0.5) is 17.6 Å². The van der Waals surface area contributed by atoms with Crippen LogP contribution < -0.4 is 0 Å². The Labute approximate surface area is 195 Å². The molecule has 33 heavy (non-hydrogen) atoms. The highest BCUT2D eigenvalue weighted by Crippen LogP contribution is 2.31. The highest BCUT2D eigenvalue weighted by atomic mass is 19.2. The second-order valence-electron chi connectivity index (χ2n) is 7.78. The fraction of sp³-hybridized carbons (Fsp3) is 0.286. The standard InChI is InChI=1S/C28H34F4O/c1-11-12-13-20(6)25(29)26(30)22(8)18(4)14-15-19(5)23(9)27(31)28(32)24(10)21(7)16-33-17(2)3/h11-12,14-15,17,21H,4-6,8-10,13,16H2,1-3,7H3/b12-11-,15-14-,26-25-,28-27-. The molecule has 0 aromatic heterocycles. The topological polar surface area (TPSA) is 9.23 Å². The van der Waals surface area contributed by atoms with E-state index in [0.29, 0.717) is 0 Å². The molecule has 0 heterocycles. The van der Waals surface area contributed by atoms with Crippen molar-refractivity contribution in [2.75, 3.05) is 6.61 Å². The number of rotatable bonds is 14. The minimum absolute atomic E-state index is 0.0119. The summed E-state index contributed by atoms with van der Waals surface area (Å²) in [5.41, 5.74) is -0.704. The highest BCUT2D eigenvalue weighted by Gasteiger charge is 2.19. The van der Waals surface area contributed by atoms with Gasteiger partial charge in [-0.25, -0.2) is 17.6 Å². The highest BCUT2D eigenvalue weighted by molar-refractivity contribution is 5.54. The third kappa shape index (κ3) is 9.62. The molecule has 180 valence electrons. The van der Waals surface area contributed by atoms with Gasteiger partial charge in [-0.05, 0) is 49.5 Å². The summed E-state index contributed by atoms with van der Waals surface area (Å²) in [5, 5.41) is 0. The molecule has 0 saturated heterocycles. The summed E-state index contributed by atoms with van der Waals surface area (Å²) in [4.78, 5) is 0. The van der Waals surface area contributed by atoms with Gasteiger partial charge in [-0.3, -0.25) is 0 Å². The summed E-state index contributed by atoms with van der Waals surface area (Å²) in [6, 6.07) is 0. The van der Waals surface area contributed by atoms with Gasteiger partial charge in [0.25, 0.3) is 0 Å². The lowest BCUT2D eigenvalue weighted by molar-refractivity contribution is 0.0625. The maximum atomic E-state index is 14.6. The lowest BCUT2D eigenvalue weighted by Gasteiger charge is -2.16. The van der Waals surface area contributed by atoms with Crippen molar-refractivity contribution in [1.82, 2.24) is 0 Å². The van der Waals surface area contributed by atoms with E-state index in [9.17, 15) is 17.6 Å². The van der Waals surface area contributed by atoms with Crippen molar-refractivity contribution in [3.63, 3.8) is 0 Å². The number of hydrogen-bond donors (Lipinski definition) is 0. The first-order valence-corrected chi connectivity index (χ1v) is 10.4. The minimum atomic E-state index is -1.21. The Bertz CT molecular complexity index is 939. The fourth-order valence-corrected chi connectivity index (χ4v) is 2.25. The van der Waals surface area contributed by atoms with Crippen molar-refractivity contribution in [2.24, 2.45) is 5.92 Å². The third-order valence-electron chi connectivity index (χ3n) is 4.64. The van der Waals surface area contributed by atoms with E-state index in [1.807, 2.05) is 13.8 Å². The van der Waals surface area contributed by atoms with Crippen LogP contribution in [0.15, 0.2) is 121 Å². The van der Waals surface area contributed by atoms with Crippen molar-refractivity contribution in [2.45, 2.75) is 40.2 Å². The van der Waals surface area contributed by atoms with E-state index < -0.39 is 29.2 Å². The molecule has 1 unspecified atom stereocenters. The van der Waals surface area contributed by atoms with E-state index in [2.05, 4.69) is 39.5 Å². The Balaban J connectivity index is 5.38. The van der Waals surface area contributed by atoms with Crippen LogP contribution in [-0.4, -0.2) is 12.7 Å². The van der Waals surface area contributed by atoms with Gasteiger partial charge in [-0.1, -0.05) is 70.7 Å². The zero-order chi connectivity index (χ0) is 25.9. The van der Waals surface area contributed by atoms with Crippen LogP contribution in [0.2, 0.25) is 0 Å². The molecule has 0 aliphatic heterocycles. The Kier molecular flexibility index (Phi) is 13.0. The first-order chi connectivity index (χ1) is 15.3. The van der Waals surface area contributed by atoms with Crippen molar-refractivity contribution in [3.05, 3.63) is 121 Å². The van der Waals surface area contributed by atoms with E-state index in [1.54, 1.807) is 26.0 Å². The molecule has 0 saturated carbocycles. The molecular weight excluding hydrogens is 428 g/mol. The second kappa shape index (κ2) is 14.3. The van der Waals surface area contributed by atoms with Gasteiger partial charge < -0.3 is 4.74 Å². The lowest BCUT2D eigenvalue weighted by Crippen LogP contribution is -2.13. The van der Waals surface area contributed by atoms with Gasteiger partial charge in [-0.15, -0.1) is 0 Å². The van der Waals surface area contributed by atoms with Gasteiger partial charge in [0.2, 0.25) is 0 Å². The quantitative estimate of drug-likeness (QED) is 0.142. The molecule has 0 aromatic rings. The van der Waals surface area contributed by atoms with E-state index in [-0.39, 0.29) is 52.6 Å². The number of ether oxygens (including phenoxy) is 1. The third-order valence-corrected chi connectivity index (χ3v) is 4.64. The summed E-state index contributed by atoms with van der Waals surface area (Å²) in [5.74, 6) is -5.14. The second-order valence-corrected chi connectivity index (χ2v) is 7.78.